The molecule has 0 fully saturated rings. The van der Waals surface area contributed by atoms with E-state index < -0.39 is 0 Å². The number of hydrogen-bond donors (Lipinski definition) is 1. The van der Waals surface area contributed by atoms with Gasteiger partial charge in [-0.2, -0.15) is 12.6 Å². The Balaban J connectivity index is 2.20. The van der Waals surface area contributed by atoms with E-state index in [0.717, 1.165) is 27.6 Å². The molecule has 86 valence electrons. The number of ether oxygens (including phenoxy) is 1. The Morgan fingerprint density at radius 2 is 2.20 bits per heavy atom. The molecule has 0 saturated heterocycles. The first-order chi connectivity index (χ1) is 7.24. The van der Waals surface area contributed by atoms with E-state index in [4.69, 9.17) is 4.74 Å². The molecule has 0 spiro atoms. The van der Waals surface area contributed by atoms with E-state index in [2.05, 4.69) is 22.8 Å². The van der Waals surface area contributed by atoms with Crippen molar-refractivity contribution in [3.63, 3.8) is 0 Å². The minimum atomic E-state index is 0.711. The minimum Gasteiger partial charge on any atom is -0.380 e. The fraction of sp³-hybridized carbons (Fsp3) is 0.750. The lowest BCUT2D eigenvalue weighted by molar-refractivity contribution is 0.167. The zero-order valence-electron chi connectivity index (χ0n) is 8.84. The summed E-state index contributed by atoms with van der Waals surface area (Å²) < 4.78 is 6.30. The molecule has 0 aromatic carbocycles. The number of aromatic nitrogens is 2. The van der Waals surface area contributed by atoms with Crippen LogP contribution in [0.4, 0.5) is 5.13 Å². The van der Waals surface area contributed by atoms with E-state index in [1.165, 1.54) is 0 Å². The smallest absolute Gasteiger partial charge is 0.208 e. The Labute approximate surface area is 104 Å². The lowest BCUT2D eigenvalue weighted by atomic mass is 10.8. The maximum atomic E-state index is 5.31. The van der Waals surface area contributed by atoms with Gasteiger partial charge in [0.05, 0.1) is 13.2 Å². The average Bonchev–Trinajstić information content (AvgIpc) is 2.66. The van der Waals surface area contributed by atoms with Gasteiger partial charge in [0.25, 0.3) is 0 Å². The Kier molecular flexibility index (Phi) is 6.39. The van der Waals surface area contributed by atoms with Crippen molar-refractivity contribution in [1.82, 2.24) is 10.2 Å². The van der Waals surface area contributed by atoms with Crippen molar-refractivity contribution in [2.24, 2.45) is 0 Å². The molecule has 7 heteroatoms. The molecular weight excluding hydrogens is 250 g/mol. The van der Waals surface area contributed by atoms with Crippen molar-refractivity contribution < 1.29 is 4.74 Å². The number of nitrogens with zero attached hydrogens (tertiary/aromatic N) is 3. The van der Waals surface area contributed by atoms with Crippen molar-refractivity contribution in [1.29, 1.82) is 0 Å². The van der Waals surface area contributed by atoms with Crippen LogP contribution in [-0.4, -0.2) is 49.0 Å². The second-order valence-corrected chi connectivity index (χ2v) is 5.67. The lowest BCUT2D eigenvalue weighted by Gasteiger charge is -2.03. The summed E-state index contributed by atoms with van der Waals surface area (Å²) >= 11 is 7.34. The fourth-order valence-corrected chi connectivity index (χ4v) is 2.61. The Morgan fingerprint density at radius 1 is 1.40 bits per heavy atom. The first-order valence-corrected chi connectivity index (χ1v) is 6.99. The lowest BCUT2D eigenvalue weighted by Crippen LogP contribution is -2.07. The van der Waals surface area contributed by atoms with Crippen LogP contribution in [0, 0.1) is 0 Å². The molecule has 0 radical (unpaired) electrons. The van der Waals surface area contributed by atoms with Crippen LogP contribution >= 0.6 is 35.7 Å². The van der Waals surface area contributed by atoms with Crippen LogP contribution in [0.5, 0.6) is 0 Å². The molecule has 0 unspecified atom stereocenters. The Bertz CT molecular complexity index is 280. The normalized spacial score (nSPS) is 10.6. The first-order valence-electron chi connectivity index (χ1n) is 4.56. The van der Waals surface area contributed by atoms with Crippen molar-refractivity contribution in [2.75, 3.05) is 43.7 Å². The molecule has 1 aromatic rings. The largest absolute Gasteiger partial charge is 0.380 e. The average molecular weight is 265 g/mol. The molecule has 1 heterocycles. The van der Waals surface area contributed by atoms with Gasteiger partial charge < -0.3 is 9.64 Å². The second-order valence-electron chi connectivity index (χ2n) is 2.93. The highest BCUT2D eigenvalue weighted by molar-refractivity contribution is 8.01. The summed E-state index contributed by atoms with van der Waals surface area (Å²) in [4.78, 5) is 1.96. The third-order valence-corrected chi connectivity index (χ3v) is 3.84. The number of thioether (sulfide) groups is 1. The van der Waals surface area contributed by atoms with Gasteiger partial charge in [-0.05, 0) is 0 Å². The highest BCUT2D eigenvalue weighted by Gasteiger charge is 2.05. The third kappa shape index (κ3) is 5.05. The van der Waals surface area contributed by atoms with Gasteiger partial charge >= 0.3 is 0 Å². The number of thiol groups is 1. The van der Waals surface area contributed by atoms with Crippen molar-refractivity contribution in [3.05, 3.63) is 0 Å². The molecule has 4 nitrogen and oxygen atoms in total. The zero-order chi connectivity index (χ0) is 11.1. The standard InChI is InChI=1S/C8H15N3OS3/c1-11(2)7-9-10-8(15-7)14-6-4-12-3-5-13/h13H,3-6H2,1-2H3. The second kappa shape index (κ2) is 7.32. The van der Waals surface area contributed by atoms with Gasteiger partial charge in [-0.25, -0.2) is 0 Å². The van der Waals surface area contributed by atoms with Crippen LogP contribution in [0.3, 0.4) is 0 Å². The predicted octanol–water partition coefficient (Wildman–Crippen LogP) is 1.64. The van der Waals surface area contributed by atoms with Gasteiger partial charge in [0.2, 0.25) is 5.13 Å². The molecule has 0 aliphatic carbocycles. The van der Waals surface area contributed by atoms with Gasteiger partial charge in [0.15, 0.2) is 4.34 Å². The molecule has 0 amide bonds. The number of anilines is 1. The van der Waals surface area contributed by atoms with Gasteiger partial charge in [-0.15, -0.1) is 10.2 Å². The quantitative estimate of drug-likeness (QED) is 0.461. The summed E-state index contributed by atoms with van der Waals surface area (Å²) in [5.41, 5.74) is 0. The maximum Gasteiger partial charge on any atom is 0.208 e. The van der Waals surface area contributed by atoms with E-state index in [-0.39, 0.29) is 0 Å². The molecule has 0 saturated carbocycles. The maximum absolute atomic E-state index is 5.31. The summed E-state index contributed by atoms with van der Waals surface area (Å²) in [6.45, 7) is 1.45. The third-order valence-electron chi connectivity index (χ3n) is 1.47. The highest BCUT2D eigenvalue weighted by atomic mass is 32.2. The van der Waals surface area contributed by atoms with Gasteiger partial charge in [0, 0.05) is 25.6 Å². The molecule has 0 bridgehead atoms. The van der Waals surface area contributed by atoms with E-state index >= 15 is 0 Å². The van der Waals surface area contributed by atoms with E-state index in [1.54, 1.807) is 23.1 Å². The summed E-state index contributed by atoms with van der Waals surface area (Å²) in [5.74, 6) is 1.68. The molecule has 1 aromatic heterocycles. The Hall–Kier alpha value is 0.0200. The number of rotatable bonds is 7. The van der Waals surface area contributed by atoms with E-state index in [0.29, 0.717) is 6.61 Å². The van der Waals surface area contributed by atoms with Crippen molar-refractivity contribution in [3.8, 4) is 0 Å². The minimum absolute atomic E-state index is 0.711. The summed E-state index contributed by atoms with van der Waals surface area (Å²) in [6.07, 6.45) is 0. The predicted molar refractivity (Wildman–Crippen MR) is 69.6 cm³/mol. The first kappa shape index (κ1) is 13.1. The van der Waals surface area contributed by atoms with Crippen LogP contribution in [0.15, 0.2) is 4.34 Å². The monoisotopic (exact) mass is 265 g/mol. The van der Waals surface area contributed by atoms with Crippen LogP contribution < -0.4 is 4.90 Å². The fourth-order valence-electron chi connectivity index (χ4n) is 0.796. The van der Waals surface area contributed by atoms with Crippen LogP contribution in [0.1, 0.15) is 0 Å². The molecule has 0 atom stereocenters. The molecule has 0 aliphatic heterocycles. The number of hydrogen-bond acceptors (Lipinski definition) is 7. The van der Waals surface area contributed by atoms with Crippen LogP contribution in [0.25, 0.3) is 0 Å². The van der Waals surface area contributed by atoms with Gasteiger partial charge in [-0.3, -0.25) is 0 Å². The van der Waals surface area contributed by atoms with Crippen molar-refractivity contribution in [2.45, 2.75) is 4.34 Å². The topological polar surface area (TPSA) is 38.2 Å². The molecule has 1 rings (SSSR count). The van der Waals surface area contributed by atoms with Crippen LogP contribution in [0.2, 0.25) is 0 Å². The SMILES string of the molecule is CN(C)c1nnc(SCCOCCS)s1. The molecule has 0 N–H and O–H groups in total. The summed E-state index contributed by atoms with van der Waals surface area (Å²) in [7, 11) is 3.93. The summed E-state index contributed by atoms with van der Waals surface area (Å²) in [6, 6.07) is 0. The van der Waals surface area contributed by atoms with Gasteiger partial charge in [0.1, 0.15) is 0 Å². The molecular formula is C8H15N3OS3. The zero-order valence-corrected chi connectivity index (χ0v) is 11.4. The Morgan fingerprint density at radius 3 is 2.80 bits per heavy atom. The summed E-state index contributed by atoms with van der Waals surface area (Å²) in [5, 5.41) is 9.06. The van der Waals surface area contributed by atoms with Gasteiger partial charge in [-0.1, -0.05) is 23.1 Å². The highest BCUT2D eigenvalue weighted by Crippen LogP contribution is 2.26. The van der Waals surface area contributed by atoms with E-state index in [9.17, 15) is 0 Å². The molecule has 0 aliphatic rings. The van der Waals surface area contributed by atoms with Crippen LogP contribution in [-0.2, 0) is 4.74 Å². The van der Waals surface area contributed by atoms with Crippen molar-refractivity contribution >= 4 is 40.9 Å². The van der Waals surface area contributed by atoms with E-state index in [1.807, 2.05) is 19.0 Å². The molecule has 15 heavy (non-hydrogen) atoms.